The second-order valence-corrected chi connectivity index (χ2v) is 3.75. The monoisotopic (exact) mass is 184 g/mol. The van der Waals surface area contributed by atoms with Crippen LogP contribution in [0.5, 0.6) is 0 Å². The summed E-state index contributed by atoms with van der Waals surface area (Å²) in [5.41, 5.74) is 0. The molecule has 3 heteroatoms. The van der Waals surface area contributed by atoms with Crippen LogP contribution in [0.3, 0.4) is 0 Å². The Bertz CT molecular complexity index is 170. The van der Waals surface area contributed by atoms with Crippen molar-refractivity contribution in [2.24, 2.45) is 0 Å². The predicted molar refractivity (Wildman–Crippen MR) is 53.3 cm³/mol. The van der Waals surface area contributed by atoms with Gasteiger partial charge in [-0.25, -0.2) is 0 Å². The molecule has 0 aromatic heterocycles. The first-order valence-corrected chi connectivity index (χ1v) is 5.28. The molecule has 1 fully saturated rings. The third-order valence-corrected chi connectivity index (χ3v) is 2.55. The first-order valence-electron chi connectivity index (χ1n) is 5.28. The normalized spacial score (nSPS) is 22.8. The van der Waals surface area contributed by atoms with Gasteiger partial charge in [0.15, 0.2) is 0 Å². The lowest BCUT2D eigenvalue weighted by Crippen LogP contribution is -2.29. The Labute approximate surface area is 80.5 Å². The van der Waals surface area contributed by atoms with Crippen LogP contribution in [-0.2, 0) is 4.79 Å². The minimum absolute atomic E-state index is 0.0335. The van der Waals surface area contributed by atoms with E-state index in [4.69, 9.17) is 0 Å². The molecule has 13 heavy (non-hydrogen) atoms. The molecule has 0 bridgehead atoms. The van der Waals surface area contributed by atoms with Crippen LogP contribution in [0, 0.1) is 0 Å². The van der Waals surface area contributed by atoms with Crippen molar-refractivity contribution >= 4 is 5.91 Å². The summed E-state index contributed by atoms with van der Waals surface area (Å²) in [5, 5.41) is 3.14. The Kier molecular flexibility index (Phi) is 4.22. The Morgan fingerprint density at radius 1 is 1.46 bits per heavy atom. The molecule has 0 aliphatic carbocycles. The fraction of sp³-hybridized carbons (Fsp3) is 0.900. The van der Waals surface area contributed by atoms with Gasteiger partial charge >= 0.3 is 0 Å². The second-order valence-electron chi connectivity index (χ2n) is 3.75. The van der Waals surface area contributed by atoms with Crippen molar-refractivity contribution in [1.29, 1.82) is 0 Å². The summed E-state index contributed by atoms with van der Waals surface area (Å²) in [6.07, 6.45) is 4.93. The first kappa shape index (κ1) is 10.5. The highest BCUT2D eigenvalue weighted by Crippen LogP contribution is 2.06. The Balaban J connectivity index is 2.12. The molecule has 1 rings (SSSR count). The van der Waals surface area contributed by atoms with Gasteiger partial charge in [-0.15, -0.1) is 0 Å². The zero-order chi connectivity index (χ0) is 9.68. The molecule has 1 aliphatic heterocycles. The Morgan fingerprint density at radius 2 is 2.23 bits per heavy atom. The van der Waals surface area contributed by atoms with Crippen LogP contribution < -0.4 is 5.32 Å². The van der Waals surface area contributed by atoms with E-state index < -0.39 is 0 Å². The van der Waals surface area contributed by atoms with E-state index in [2.05, 4.69) is 12.2 Å². The van der Waals surface area contributed by atoms with E-state index in [1.807, 2.05) is 11.8 Å². The number of nitrogens with one attached hydrogen (secondary N) is 1. The lowest BCUT2D eigenvalue weighted by Gasteiger charge is -2.14. The quantitative estimate of drug-likeness (QED) is 0.654. The Morgan fingerprint density at radius 3 is 2.77 bits per heavy atom. The van der Waals surface area contributed by atoms with Crippen LogP contribution in [0.1, 0.15) is 39.5 Å². The molecular weight excluding hydrogens is 164 g/mol. The van der Waals surface area contributed by atoms with E-state index in [1.54, 1.807) is 0 Å². The minimum Gasteiger partial charge on any atom is -0.329 e. The van der Waals surface area contributed by atoms with Crippen LogP contribution >= 0.6 is 0 Å². The number of rotatable bonds is 5. The summed E-state index contributed by atoms with van der Waals surface area (Å²) in [6, 6.07) is 0.0335. The van der Waals surface area contributed by atoms with Gasteiger partial charge < -0.3 is 4.90 Å². The summed E-state index contributed by atoms with van der Waals surface area (Å²) in [7, 11) is 0. The number of amides is 1. The molecule has 1 aliphatic rings. The number of unbranched alkanes of at least 4 members (excludes halogenated alkanes) is 3. The SMILES string of the molecule is CCCCCCN1CNC(C)C1=O. The smallest absolute Gasteiger partial charge is 0.240 e. The van der Waals surface area contributed by atoms with Crippen molar-refractivity contribution < 1.29 is 4.79 Å². The molecule has 1 atom stereocenters. The van der Waals surface area contributed by atoms with Crippen molar-refractivity contribution in [3.05, 3.63) is 0 Å². The van der Waals surface area contributed by atoms with Crippen LogP contribution in [0.25, 0.3) is 0 Å². The second kappa shape index (κ2) is 5.22. The van der Waals surface area contributed by atoms with Gasteiger partial charge in [0.25, 0.3) is 0 Å². The number of hydrogen-bond acceptors (Lipinski definition) is 2. The Hall–Kier alpha value is -0.570. The fourth-order valence-electron chi connectivity index (χ4n) is 1.60. The fourth-order valence-corrected chi connectivity index (χ4v) is 1.60. The molecule has 1 amide bonds. The molecular formula is C10H20N2O. The van der Waals surface area contributed by atoms with Crippen molar-refractivity contribution in [3.63, 3.8) is 0 Å². The van der Waals surface area contributed by atoms with Gasteiger partial charge in [0.2, 0.25) is 5.91 Å². The average Bonchev–Trinajstić information content (AvgIpc) is 2.43. The zero-order valence-corrected chi connectivity index (χ0v) is 8.68. The van der Waals surface area contributed by atoms with Crippen LogP contribution in [0.15, 0.2) is 0 Å². The first-order chi connectivity index (χ1) is 6.25. The molecule has 76 valence electrons. The van der Waals surface area contributed by atoms with Crippen LogP contribution in [0.2, 0.25) is 0 Å². The minimum atomic E-state index is 0.0335. The highest BCUT2D eigenvalue weighted by Gasteiger charge is 2.26. The van der Waals surface area contributed by atoms with Crippen molar-refractivity contribution in [2.75, 3.05) is 13.2 Å². The van der Waals surface area contributed by atoms with E-state index in [0.29, 0.717) is 0 Å². The molecule has 1 unspecified atom stereocenters. The van der Waals surface area contributed by atoms with Gasteiger partial charge in [0.1, 0.15) is 0 Å². The number of hydrogen-bond donors (Lipinski definition) is 1. The molecule has 0 spiro atoms. The molecule has 1 saturated heterocycles. The summed E-state index contributed by atoms with van der Waals surface area (Å²) in [6.45, 7) is 5.79. The largest absolute Gasteiger partial charge is 0.329 e. The van der Waals surface area contributed by atoms with Gasteiger partial charge in [0, 0.05) is 6.54 Å². The number of carbonyl (C=O) groups is 1. The van der Waals surface area contributed by atoms with Crippen molar-refractivity contribution in [2.45, 2.75) is 45.6 Å². The van der Waals surface area contributed by atoms with Gasteiger partial charge in [-0.2, -0.15) is 0 Å². The third kappa shape index (κ3) is 2.99. The summed E-state index contributed by atoms with van der Waals surface area (Å²) in [4.78, 5) is 13.3. The molecule has 0 radical (unpaired) electrons. The third-order valence-electron chi connectivity index (χ3n) is 2.55. The average molecular weight is 184 g/mol. The molecule has 1 N–H and O–H groups in total. The predicted octanol–water partition coefficient (Wildman–Crippen LogP) is 1.34. The van der Waals surface area contributed by atoms with Gasteiger partial charge in [-0.05, 0) is 13.3 Å². The summed E-state index contributed by atoms with van der Waals surface area (Å²) >= 11 is 0. The maximum Gasteiger partial charge on any atom is 0.240 e. The topological polar surface area (TPSA) is 32.3 Å². The van der Waals surface area contributed by atoms with Crippen molar-refractivity contribution in [1.82, 2.24) is 10.2 Å². The lowest BCUT2D eigenvalue weighted by molar-refractivity contribution is -0.128. The van der Waals surface area contributed by atoms with E-state index >= 15 is 0 Å². The molecule has 3 nitrogen and oxygen atoms in total. The molecule has 0 aromatic carbocycles. The van der Waals surface area contributed by atoms with Crippen LogP contribution in [-0.4, -0.2) is 30.1 Å². The number of nitrogens with zero attached hydrogens (tertiary/aromatic N) is 1. The maximum absolute atomic E-state index is 11.4. The molecule has 0 saturated carbocycles. The van der Waals surface area contributed by atoms with Crippen molar-refractivity contribution in [3.8, 4) is 0 Å². The maximum atomic E-state index is 11.4. The van der Waals surface area contributed by atoms with E-state index in [1.165, 1.54) is 19.3 Å². The summed E-state index contributed by atoms with van der Waals surface area (Å²) < 4.78 is 0. The highest BCUT2D eigenvalue weighted by molar-refractivity contribution is 5.83. The van der Waals surface area contributed by atoms with Crippen LogP contribution in [0.4, 0.5) is 0 Å². The van der Waals surface area contributed by atoms with E-state index in [-0.39, 0.29) is 11.9 Å². The standard InChI is InChI=1S/C10H20N2O/c1-3-4-5-6-7-12-8-11-9(2)10(12)13/h9,11H,3-8H2,1-2H3. The van der Waals surface area contributed by atoms with E-state index in [9.17, 15) is 4.79 Å². The van der Waals surface area contributed by atoms with Gasteiger partial charge in [-0.3, -0.25) is 10.1 Å². The zero-order valence-electron chi connectivity index (χ0n) is 8.68. The van der Waals surface area contributed by atoms with Gasteiger partial charge in [0.05, 0.1) is 12.7 Å². The van der Waals surface area contributed by atoms with Gasteiger partial charge in [-0.1, -0.05) is 26.2 Å². The molecule has 1 heterocycles. The lowest BCUT2D eigenvalue weighted by atomic mass is 10.2. The summed E-state index contributed by atoms with van der Waals surface area (Å²) in [5.74, 6) is 0.261. The van der Waals surface area contributed by atoms with E-state index in [0.717, 1.165) is 19.6 Å². The highest BCUT2D eigenvalue weighted by atomic mass is 16.2. The molecule has 0 aromatic rings. The number of carbonyl (C=O) groups excluding carboxylic acids is 1.